The van der Waals surface area contributed by atoms with Gasteiger partial charge in [0.2, 0.25) is 11.7 Å². The van der Waals surface area contributed by atoms with E-state index in [-0.39, 0.29) is 17.8 Å². The Bertz CT molecular complexity index is 1150. The summed E-state index contributed by atoms with van der Waals surface area (Å²) < 4.78 is 25.4. The van der Waals surface area contributed by atoms with Gasteiger partial charge in [0.05, 0.1) is 6.04 Å². The Morgan fingerprint density at radius 3 is 2.87 bits per heavy atom. The van der Waals surface area contributed by atoms with Crippen LogP contribution in [0.4, 0.5) is 4.39 Å². The lowest BCUT2D eigenvalue weighted by Crippen LogP contribution is -2.36. The number of oxazole rings is 1. The molecule has 0 bridgehead atoms. The second-order valence-electron chi connectivity index (χ2n) is 7.95. The molecule has 1 aliphatic heterocycles. The first-order chi connectivity index (χ1) is 14.6. The summed E-state index contributed by atoms with van der Waals surface area (Å²) in [5, 5.41) is 4.07. The summed E-state index contributed by atoms with van der Waals surface area (Å²) in [6.45, 7) is 5.54. The average Bonchev–Trinajstić information content (AvgIpc) is 3.43. The minimum Gasteiger partial charge on any atom is -0.440 e. The van der Waals surface area contributed by atoms with E-state index in [4.69, 9.17) is 8.94 Å². The van der Waals surface area contributed by atoms with Gasteiger partial charge in [-0.3, -0.25) is 4.90 Å². The van der Waals surface area contributed by atoms with Crippen LogP contribution in [0.1, 0.15) is 49.1 Å². The van der Waals surface area contributed by atoms with Crippen molar-refractivity contribution in [2.45, 2.75) is 38.6 Å². The predicted molar refractivity (Wildman–Crippen MR) is 110 cm³/mol. The number of para-hydroxylation sites is 2. The molecule has 1 aliphatic rings. The van der Waals surface area contributed by atoms with Crippen LogP contribution in [0.2, 0.25) is 0 Å². The van der Waals surface area contributed by atoms with Crippen LogP contribution in [0.25, 0.3) is 22.5 Å². The molecule has 0 spiro atoms. The zero-order chi connectivity index (χ0) is 20.7. The predicted octanol–water partition coefficient (Wildman–Crippen LogP) is 5.27. The van der Waals surface area contributed by atoms with E-state index in [1.165, 1.54) is 6.07 Å². The highest BCUT2D eigenvalue weighted by atomic mass is 19.1. The van der Waals surface area contributed by atoms with Gasteiger partial charge in [0.1, 0.15) is 11.3 Å². The van der Waals surface area contributed by atoms with Crippen LogP contribution in [0, 0.1) is 12.7 Å². The Labute approximate surface area is 173 Å². The molecule has 0 radical (unpaired) electrons. The normalized spacial score (nSPS) is 18.7. The van der Waals surface area contributed by atoms with Gasteiger partial charge in [-0.1, -0.05) is 29.4 Å². The molecule has 0 aliphatic carbocycles. The van der Waals surface area contributed by atoms with Crippen LogP contribution in [0.3, 0.4) is 0 Å². The van der Waals surface area contributed by atoms with Crippen molar-refractivity contribution in [1.82, 2.24) is 20.0 Å². The Morgan fingerprint density at radius 1 is 1.17 bits per heavy atom. The third kappa shape index (κ3) is 3.50. The van der Waals surface area contributed by atoms with Gasteiger partial charge in [-0.25, -0.2) is 9.37 Å². The number of hydrogen-bond donors (Lipinski definition) is 0. The van der Waals surface area contributed by atoms with E-state index in [2.05, 4.69) is 26.9 Å². The first-order valence-corrected chi connectivity index (χ1v) is 10.3. The van der Waals surface area contributed by atoms with E-state index in [0.717, 1.165) is 42.9 Å². The van der Waals surface area contributed by atoms with E-state index >= 15 is 0 Å². The van der Waals surface area contributed by atoms with Crippen molar-refractivity contribution in [3.63, 3.8) is 0 Å². The van der Waals surface area contributed by atoms with Crippen LogP contribution in [0.15, 0.2) is 51.4 Å². The van der Waals surface area contributed by atoms with E-state index in [0.29, 0.717) is 22.8 Å². The van der Waals surface area contributed by atoms with Gasteiger partial charge in [0, 0.05) is 18.0 Å². The number of benzene rings is 2. The summed E-state index contributed by atoms with van der Waals surface area (Å²) in [6, 6.07) is 12.8. The maximum absolute atomic E-state index is 13.9. The molecule has 6 nitrogen and oxygen atoms in total. The minimum atomic E-state index is -0.274. The highest BCUT2D eigenvalue weighted by molar-refractivity contribution is 5.72. The number of aromatic nitrogens is 3. The SMILES string of the molecule is Cc1ccc(-c2noc(C(C)N3CCCC(c4nc5ccccc5o4)C3)n2)cc1F. The molecular formula is C23H23FN4O2. The summed E-state index contributed by atoms with van der Waals surface area (Å²) in [7, 11) is 0. The molecule has 1 saturated heterocycles. The molecule has 2 aromatic carbocycles. The highest BCUT2D eigenvalue weighted by Crippen LogP contribution is 2.33. The van der Waals surface area contributed by atoms with Gasteiger partial charge in [0.15, 0.2) is 11.5 Å². The third-order valence-corrected chi connectivity index (χ3v) is 5.89. The Kier molecular flexibility index (Phi) is 4.83. The molecule has 30 heavy (non-hydrogen) atoms. The molecule has 0 saturated carbocycles. The number of hydrogen-bond acceptors (Lipinski definition) is 6. The number of piperidine rings is 1. The Morgan fingerprint density at radius 2 is 2.03 bits per heavy atom. The van der Waals surface area contributed by atoms with Gasteiger partial charge in [-0.2, -0.15) is 4.98 Å². The zero-order valence-corrected chi connectivity index (χ0v) is 17.0. The molecule has 1 fully saturated rings. The van der Waals surface area contributed by atoms with Gasteiger partial charge in [-0.15, -0.1) is 0 Å². The molecule has 0 amide bonds. The Balaban J connectivity index is 1.34. The van der Waals surface area contributed by atoms with Crippen molar-refractivity contribution in [3.8, 4) is 11.4 Å². The summed E-state index contributed by atoms with van der Waals surface area (Å²) in [5.74, 6) is 1.67. The summed E-state index contributed by atoms with van der Waals surface area (Å²) in [5.41, 5.74) is 2.92. The van der Waals surface area contributed by atoms with E-state index in [1.807, 2.05) is 30.3 Å². The number of rotatable bonds is 4. The maximum atomic E-state index is 13.9. The molecule has 2 atom stereocenters. The zero-order valence-electron chi connectivity index (χ0n) is 17.0. The Hall–Kier alpha value is -3.06. The van der Waals surface area contributed by atoms with E-state index in [9.17, 15) is 4.39 Å². The smallest absolute Gasteiger partial charge is 0.244 e. The van der Waals surface area contributed by atoms with E-state index in [1.54, 1.807) is 13.0 Å². The summed E-state index contributed by atoms with van der Waals surface area (Å²) >= 11 is 0. The van der Waals surface area contributed by atoms with Crippen molar-refractivity contribution >= 4 is 11.1 Å². The molecule has 5 rings (SSSR count). The lowest BCUT2D eigenvalue weighted by Gasteiger charge is -2.33. The van der Waals surface area contributed by atoms with Gasteiger partial charge in [-0.05, 0) is 57.0 Å². The van der Waals surface area contributed by atoms with Crippen LogP contribution < -0.4 is 0 Å². The topological polar surface area (TPSA) is 68.2 Å². The first kappa shape index (κ1) is 18.9. The molecule has 7 heteroatoms. The molecule has 2 unspecified atom stereocenters. The second-order valence-corrected chi connectivity index (χ2v) is 7.95. The summed E-state index contributed by atoms with van der Waals surface area (Å²) in [4.78, 5) is 11.5. The third-order valence-electron chi connectivity index (χ3n) is 5.89. The fourth-order valence-electron chi connectivity index (χ4n) is 4.03. The highest BCUT2D eigenvalue weighted by Gasteiger charge is 2.30. The lowest BCUT2D eigenvalue weighted by molar-refractivity contribution is 0.126. The fraction of sp³-hybridized carbons (Fsp3) is 0.348. The monoisotopic (exact) mass is 406 g/mol. The van der Waals surface area contributed by atoms with Gasteiger partial charge in [0.25, 0.3) is 0 Å². The van der Waals surface area contributed by atoms with Crippen molar-refractivity contribution in [1.29, 1.82) is 0 Å². The fourth-order valence-corrected chi connectivity index (χ4v) is 4.03. The lowest BCUT2D eigenvalue weighted by atomic mass is 9.97. The van der Waals surface area contributed by atoms with Crippen molar-refractivity contribution < 1.29 is 13.3 Å². The van der Waals surface area contributed by atoms with Crippen molar-refractivity contribution in [3.05, 3.63) is 65.6 Å². The van der Waals surface area contributed by atoms with Crippen LogP contribution in [-0.2, 0) is 0 Å². The quantitative estimate of drug-likeness (QED) is 0.460. The average molecular weight is 406 g/mol. The molecule has 154 valence electrons. The summed E-state index contributed by atoms with van der Waals surface area (Å²) in [6.07, 6.45) is 2.08. The standard InChI is InChI=1S/C23H23FN4O2/c1-14-9-10-16(12-18(14)24)21-26-22(30-27-21)15(2)28-11-5-6-17(13-28)23-25-19-7-3-4-8-20(19)29-23/h3-4,7-10,12,15,17H,5-6,11,13H2,1-2H3. The van der Waals surface area contributed by atoms with E-state index < -0.39 is 0 Å². The van der Waals surface area contributed by atoms with Crippen LogP contribution in [-0.4, -0.2) is 33.1 Å². The number of aryl methyl sites for hydroxylation is 1. The second kappa shape index (κ2) is 7.65. The molecule has 3 heterocycles. The van der Waals surface area contributed by atoms with Crippen molar-refractivity contribution in [2.75, 3.05) is 13.1 Å². The molecule has 4 aromatic rings. The minimum absolute atomic E-state index is 0.0475. The molecule has 2 aromatic heterocycles. The maximum Gasteiger partial charge on any atom is 0.244 e. The number of likely N-dealkylation sites (tertiary alicyclic amines) is 1. The molecular weight excluding hydrogens is 383 g/mol. The van der Waals surface area contributed by atoms with Crippen LogP contribution >= 0.6 is 0 Å². The van der Waals surface area contributed by atoms with Gasteiger partial charge < -0.3 is 8.94 Å². The van der Waals surface area contributed by atoms with Gasteiger partial charge >= 0.3 is 0 Å². The number of fused-ring (bicyclic) bond motifs is 1. The first-order valence-electron chi connectivity index (χ1n) is 10.3. The number of halogens is 1. The molecule has 0 N–H and O–H groups in total. The number of nitrogens with zero attached hydrogens (tertiary/aromatic N) is 4. The van der Waals surface area contributed by atoms with Crippen LogP contribution in [0.5, 0.6) is 0 Å². The van der Waals surface area contributed by atoms with Crippen molar-refractivity contribution in [2.24, 2.45) is 0 Å². The largest absolute Gasteiger partial charge is 0.440 e.